The number of benzene rings is 1. The van der Waals surface area contributed by atoms with Gasteiger partial charge in [-0.2, -0.15) is 0 Å². The van der Waals surface area contributed by atoms with Crippen molar-refractivity contribution < 1.29 is 0 Å². The summed E-state index contributed by atoms with van der Waals surface area (Å²) in [7, 11) is 0. The lowest BCUT2D eigenvalue weighted by Gasteiger charge is -2.21. The van der Waals surface area contributed by atoms with E-state index in [9.17, 15) is 0 Å². The van der Waals surface area contributed by atoms with Crippen LogP contribution < -0.4 is 0 Å². The predicted molar refractivity (Wildman–Crippen MR) is 73.1 cm³/mol. The number of pyridine rings is 1. The van der Waals surface area contributed by atoms with Gasteiger partial charge < -0.3 is 0 Å². The molecule has 0 saturated carbocycles. The summed E-state index contributed by atoms with van der Waals surface area (Å²) in [5.74, 6) is 0. The van der Waals surface area contributed by atoms with Crippen LogP contribution in [0, 0.1) is 0 Å². The van der Waals surface area contributed by atoms with Gasteiger partial charge in [-0.1, -0.05) is 37.8 Å². The summed E-state index contributed by atoms with van der Waals surface area (Å²) in [6, 6.07) is 8.61. The van der Waals surface area contributed by atoms with Gasteiger partial charge >= 0.3 is 0 Å². The fourth-order valence-corrected chi connectivity index (χ4v) is 2.83. The first kappa shape index (κ1) is 10.5. The molecule has 17 heavy (non-hydrogen) atoms. The fourth-order valence-electron chi connectivity index (χ4n) is 2.83. The van der Waals surface area contributed by atoms with E-state index in [4.69, 9.17) is 4.98 Å². The van der Waals surface area contributed by atoms with Crippen molar-refractivity contribution in [3.63, 3.8) is 0 Å². The molecule has 0 amide bonds. The van der Waals surface area contributed by atoms with Crippen LogP contribution in [0.15, 0.2) is 30.8 Å². The van der Waals surface area contributed by atoms with Crippen molar-refractivity contribution in [3.8, 4) is 0 Å². The molecule has 3 rings (SSSR count). The van der Waals surface area contributed by atoms with Gasteiger partial charge in [0.1, 0.15) is 0 Å². The molecule has 1 aliphatic carbocycles. The summed E-state index contributed by atoms with van der Waals surface area (Å²) >= 11 is 0. The van der Waals surface area contributed by atoms with Gasteiger partial charge in [0.05, 0.1) is 0 Å². The van der Waals surface area contributed by atoms with Crippen LogP contribution in [0.1, 0.15) is 36.7 Å². The van der Waals surface area contributed by atoms with Gasteiger partial charge in [-0.3, -0.25) is 4.98 Å². The van der Waals surface area contributed by atoms with E-state index >= 15 is 0 Å². The van der Waals surface area contributed by atoms with Gasteiger partial charge in [-0.25, -0.2) is 0 Å². The van der Waals surface area contributed by atoms with E-state index in [0.29, 0.717) is 0 Å². The number of rotatable bonds is 1. The van der Waals surface area contributed by atoms with Crippen molar-refractivity contribution in [2.24, 2.45) is 0 Å². The van der Waals surface area contributed by atoms with Crippen molar-refractivity contribution >= 4 is 16.3 Å². The molecule has 0 fully saturated rings. The lowest BCUT2D eigenvalue weighted by atomic mass is 9.87. The number of aryl methyl sites for hydroxylation is 2. The van der Waals surface area contributed by atoms with Crippen LogP contribution in [0.3, 0.4) is 0 Å². The van der Waals surface area contributed by atoms with Crippen molar-refractivity contribution in [2.75, 3.05) is 0 Å². The lowest BCUT2D eigenvalue weighted by Crippen LogP contribution is -2.07. The van der Waals surface area contributed by atoms with E-state index in [-0.39, 0.29) is 0 Å². The van der Waals surface area contributed by atoms with Gasteiger partial charge in [-0.15, -0.1) is 0 Å². The summed E-state index contributed by atoms with van der Waals surface area (Å²) in [4.78, 5) is 4.85. The quantitative estimate of drug-likeness (QED) is 0.707. The SMILES string of the molecule is C=C1CCCc2nc(CC)c3ccccc3c21. The van der Waals surface area contributed by atoms with Crippen molar-refractivity contribution in [1.82, 2.24) is 4.98 Å². The first-order valence-corrected chi connectivity index (χ1v) is 6.40. The molecule has 1 aliphatic rings. The van der Waals surface area contributed by atoms with E-state index in [1.807, 2.05) is 0 Å². The standard InChI is InChI=1S/C16H17N/c1-3-14-12-8-4-5-9-13(12)16-11(2)7-6-10-15(16)17-14/h4-5,8-9H,2-3,6-7,10H2,1H3. The summed E-state index contributed by atoms with van der Waals surface area (Å²) in [5, 5.41) is 2.65. The highest BCUT2D eigenvalue weighted by molar-refractivity contribution is 5.96. The molecule has 0 radical (unpaired) electrons. The molecule has 0 atom stereocenters. The van der Waals surface area contributed by atoms with Crippen LogP contribution in [-0.2, 0) is 12.8 Å². The maximum absolute atomic E-state index is 4.85. The Bertz CT molecular complexity index is 596. The van der Waals surface area contributed by atoms with Gasteiger partial charge in [0.25, 0.3) is 0 Å². The molecule has 1 heteroatoms. The second-order valence-corrected chi connectivity index (χ2v) is 4.74. The minimum absolute atomic E-state index is 1.00. The topological polar surface area (TPSA) is 12.9 Å². The van der Waals surface area contributed by atoms with E-state index in [2.05, 4.69) is 37.8 Å². The first-order valence-electron chi connectivity index (χ1n) is 6.40. The van der Waals surface area contributed by atoms with Crippen molar-refractivity contribution in [3.05, 3.63) is 47.8 Å². The summed E-state index contributed by atoms with van der Waals surface area (Å²) in [5.41, 5.74) is 5.08. The van der Waals surface area contributed by atoms with E-state index in [1.165, 1.54) is 39.7 Å². The number of hydrogen-bond acceptors (Lipinski definition) is 1. The first-order chi connectivity index (χ1) is 8.31. The summed E-state index contributed by atoms with van der Waals surface area (Å²) < 4.78 is 0. The smallest absolute Gasteiger partial charge is 0.0488 e. The minimum atomic E-state index is 1.00. The Hall–Kier alpha value is -1.63. The molecule has 0 saturated heterocycles. The van der Waals surface area contributed by atoms with Crippen molar-refractivity contribution in [2.45, 2.75) is 32.6 Å². The van der Waals surface area contributed by atoms with Gasteiger partial charge in [0.15, 0.2) is 0 Å². The number of nitrogens with zero attached hydrogens (tertiary/aromatic N) is 1. The minimum Gasteiger partial charge on any atom is -0.257 e. The number of aromatic nitrogens is 1. The largest absolute Gasteiger partial charge is 0.257 e. The lowest BCUT2D eigenvalue weighted by molar-refractivity contribution is 0.790. The molecule has 1 aromatic heterocycles. The summed E-state index contributed by atoms with van der Waals surface area (Å²) in [6.07, 6.45) is 4.41. The highest BCUT2D eigenvalue weighted by Gasteiger charge is 2.18. The molecule has 1 aromatic carbocycles. The number of fused-ring (bicyclic) bond motifs is 3. The number of hydrogen-bond donors (Lipinski definition) is 0. The van der Waals surface area contributed by atoms with E-state index in [1.54, 1.807) is 0 Å². The van der Waals surface area contributed by atoms with E-state index < -0.39 is 0 Å². The van der Waals surface area contributed by atoms with Gasteiger partial charge in [0, 0.05) is 22.3 Å². The Labute approximate surface area is 102 Å². The predicted octanol–water partition coefficient (Wildman–Crippen LogP) is 4.15. The van der Waals surface area contributed by atoms with Crippen LogP contribution in [0.25, 0.3) is 16.3 Å². The molecule has 0 N–H and O–H groups in total. The molecule has 2 aromatic rings. The molecule has 0 aliphatic heterocycles. The second kappa shape index (κ2) is 3.99. The molecule has 0 unspecified atom stereocenters. The molecular weight excluding hydrogens is 206 g/mol. The van der Waals surface area contributed by atoms with Gasteiger partial charge in [-0.05, 0) is 36.6 Å². The Morgan fingerprint density at radius 3 is 2.71 bits per heavy atom. The third kappa shape index (κ3) is 1.57. The molecule has 86 valence electrons. The highest BCUT2D eigenvalue weighted by atomic mass is 14.7. The monoisotopic (exact) mass is 223 g/mol. The van der Waals surface area contributed by atoms with Crippen LogP contribution in [-0.4, -0.2) is 4.98 Å². The third-order valence-electron chi connectivity index (χ3n) is 3.65. The number of allylic oxidation sites excluding steroid dienone is 1. The Balaban J connectivity index is 2.41. The second-order valence-electron chi connectivity index (χ2n) is 4.74. The van der Waals surface area contributed by atoms with Gasteiger partial charge in [0.2, 0.25) is 0 Å². The average molecular weight is 223 g/mol. The Morgan fingerprint density at radius 2 is 1.94 bits per heavy atom. The Kier molecular flexibility index (Phi) is 2.47. The highest BCUT2D eigenvalue weighted by Crippen LogP contribution is 2.35. The van der Waals surface area contributed by atoms with Crippen LogP contribution >= 0.6 is 0 Å². The van der Waals surface area contributed by atoms with Crippen molar-refractivity contribution in [1.29, 1.82) is 0 Å². The fraction of sp³-hybridized carbons (Fsp3) is 0.312. The normalized spacial score (nSPS) is 15.0. The summed E-state index contributed by atoms with van der Waals surface area (Å²) in [6.45, 7) is 6.40. The Morgan fingerprint density at radius 1 is 1.18 bits per heavy atom. The molecule has 1 nitrogen and oxygen atoms in total. The zero-order chi connectivity index (χ0) is 11.8. The average Bonchev–Trinajstić information content (AvgIpc) is 2.37. The van der Waals surface area contributed by atoms with Crippen LogP contribution in [0.4, 0.5) is 0 Å². The van der Waals surface area contributed by atoms with Crippen LogP contribution in [0.2, 0.25) is 0 Å². The third-order valence-corrected chi connectivity index (χ3v) is 3.65. The van der Waals surface area contributed by atoms with Crippen LogP contribution in [0.5, 0.6) is 0 Å². The zero-order valence-corrected chi connectivity index (χ0v) is 10.3. The zero-order valence-electron chi connectivity index (χ0n) is 10.3. The molecule has 1 heterocycles. The maximum Gasteiger partial charge on any atom is 0.0488 e. The molecular formula is C16H17N. The maximum atomic E-state index is 4.85. The molecule has 0 spiro atoms. The molecule has 0 bridgehead atoms. The van der Waals surface area contributed by atoms with E-state index in [0.717, 1.165) is 19.3 Å².